The van der Waals surface area contributed by atoms with Crippen LogP contribution in [0.4, 0.5) is 0 Å². The third kappa shape index (κ3) is 3.79. The Kier molecular flexibility index (Phi) is 5.68. The Labute approximate surface area is 189 Å². The fraction of sp³-hybridized carbons (Fsp3) is 0.444. The van der Waals surface area contributed by atoms with Gasteiger partial charge in [0.2, 0.25) is 5.91 Å². The second-order valence-electron chi connectivity index (χ2n) is 9.51. The fourth-order valence-corrected chi connectivity index (χ4v) is 6.07. The molecule has 1 fully saturated rings. The summed E-state index contributed by atoms with van der Waals surface area (Å²) in [5, 5.41) is 13.9. The van der Waals surface area contributed by atoms with Gasteiger partial charge in [-0.05, 0) is 73.4 Å². The summed E-state index contributed by atoms with van der Waals surface area (Å²) >= 11 is 0. The number of carbonyl (C=O) groups excluding carboxylic acids is 1. The topological polar surface area (TPSA) is 68.4 Å². The average Bonchev–Trinajstić information content (AvgIpc) is 3.21. The van der Waals surface area contributed by atoms with E-state index in [-0.39, 0.29) is 17.1 Å². The second kappa shape index (κ2) is 8.62. The maximum atomic E-state index is 12.7. The van der Waals surface area contributed by atoms with E-state index in [0.717, 1.165) is 37.9 Å². The maximum Gasteiger partial charge on any atom is 0.220 e. The number of nitrogens with zero attached hydrogens (tertiary/aromatic N) is 1. The number of amides is 1. The molecule has 168 valence electrons. The molecule has 1 aromatic heterocycles. The quantitative estimate of drug-likeness (QED) is 0.511. The molecule has 0 aliphatic carbocycles. The van der Waals surface area contributed by atoms with E-state index in [2.05, 4.69) is 46.4 Å². The van der Waals surface area contributed by atoms with Crippen LogP contribution in [0.2, 0.25) is 0 Å². The van der Waals surface area contributed by atoms with Crippen LogP contribution in [-0.2, 0) is 17.8 Å². The number of aromatic nitrogens is 1. The molecule has 1 saturated heterocycles. The number of hydrogen-bond acceptors (Lipinski definition) is 3. The lowest BCUT2D eigenvalue weighted by Crippen LogP contribution is -2.49. The first-order valence-electron chi connectivity index (χ1n) is 12.0. The summed E-state index contributed by atoms with van der Waals surface area (Å²) in [5.74, 6) is 0.353. The summed E-state index contributed by atoms with van der Waals surface area (Å²) in [7, 11) is 0. The van der Waals surface area contributed by atoms with Gasteiger partial charge in [0.05, 0.1) is 6.04 Å². The van der Waals surface area contributed by atoms with Gasteiger partial charge in [-0.2, -0.15) is 0 Å². The Bertz CT molecular complexity index is 1100. The van der Waals surface area contributed by atoms with Gasteiger partial charge in [0.1, 0.15) is 5.75 Å². The van der Waals surface area contributed by atoms with Gasteiger partial charge in [0, 0.05) is 36.1 Å². The first kappa shape index (κ1) is 21.1. The molecule has 3 aromatic rings. The van der Waals surface area contributed by atoms with Crippen molar-refractivity contribution in [1.82, 2.24) is 15.2 Å². The number of nitrogens with one attached hydrogen (secondary N) is 2. The minimum absolute atomic E-state index is 0.107. The molecule has 3 heterocycles. The molecule has 2 aromatic carbocycles. The van der Waals surface area contributed by atoms with E-state index in [4.69, 9.17) is 0 Å². The van der Waals surface area contributed by atoms with Crippen molar-refractivity contribution in [3.63, 3.8) is 0 Å². The van der Waals surface area contributed by atoms with Crippen LogP contribution in [0.25, 0.3) is 10.9 Å². The maximum absolute atomic E-state index is 12.7. The number of rotatable bonds is 6. The van der Waals surface area contributed by atoms with Crippen LogP contribution >= 0.6 is 0 Å². The van der Waals surface area contributed by atoms with E-state index < -0.39 is 0 Å². The minimum Gasteiger partial charge on any atom is -0.508 e. The molecule has 0 bridgehead atoms. The van der Waals surface area contributed by atoms with Gasteiger partial charge >= 0.3 is 0 Å². The van der Waals surface area contributed by atoms with E-state index in [9.17, 15) is 9.90 Å². The molecule has 32 heavy (non-hydrogen) atoms. The molecule has 2 atom stereocenters. The number of hydrogen-bond donors (Lipinski definition) is 3. The number of aromatic hydroxyl groups is 1. The molecule has 5 nitrogen and oxygen atoms in total. The summed E-state index contributed by atoms with van der Waals surface area (Å²) in [4.78, 5) is 19.2. The van der Waals surface area contributed by atoms with Crippen LogP contribution in [0, 0.1) is 5.41 Å². The highest BCUT2D eigenvalue weighted by Gasteiger charge is 2.47. The monoisotopic (exact) mass is 431 g/mol. The third-order valence-corrected chi connectivity index (χ3v) is 7.81. The minimum atomic E-state index is 0.107. The van der Waals surface area contributed by atoms with E-state index in [0.29, 0.717) is 19.0 Å². The standard InChI is InChI=1S/C27H33N3O2/c1-2-27(15-12-24(32)28-18-19-8-10-20(31)11-9-19)14-5-16-30-17-13-22-21-6-3-4-7-23(21)29-25(22)26(27)30/h3-4,6-11,26,29,31H,2,5,12-18H2,1H3,(H,28,32)/t26-,27-/m1/s1. The highest BCUT2D eigenvalue weighted by Crippen LogP contribution is 2.53. The zero-order valence-electron chi connectivity index (χ0n) is 18.9. The fourth-order valence-electron chi connectivity index (χ4n) is 6.07. The van der Waals surface area contributed by atoms with E-state index in [1.807, 2.05) is 12.1 Å². The van der Waals surface area contributed by atoms with Crippen molar-refractivity contribution >= 4 is 16.8 Å². The van der Waals surface area contributed by atoms with Crippen LogP contribution in [0.1, 0.15) is 61.9 Å². The lowest BCUT2D eigenvalue weighted by molar-refractivity contribution is -0.122. The smallest absolute Gasteiger partial charge is 0.220 e. The lowest BCUT2D eigenvalue weighted by Gasteiger charge is -2.52. The number of phenols is 1. The molecule has 2 aliphatic heterocycles. The number of carbonyl (C=O) groups is 1. The third-order valence-electron chi connectivity index (χ3n) is 7.81. The summed E-state index contributed by atoms with van der Waals surface area (Å²) < 4.78 is 0. The Morgan fingerprint density at radius 2 is 2.00 bits per heavy atom. The lowest BCUT2D eigenvalue weighted by atomic mass is 9.65. The van der Waals surface area contributed by atoms with Crippen LogP contribution < -0.4 is 5.32 Å². The average molecular weight is 432 g/mol. The van der Waals surface area contributed by atoms with Crippen molar-refractivity contribution in [3.8, 4) is 5.75 Å². The van der Waals surface area contributed by atoms with Gasteiger partial charge in [-0.1, -0.05) is 37.3 Å². The Hall–Kier alpha value is -2.79. The molecule has 0 unspecified atom stereocenters. The van der Waals surface area contributed by atoms with Crippen molar-refractivity contribution in [3.05, 3.63) is 65.4 Å². The van der Waals surface area contributed by atoms with Gasteiger partial charge in [-0.25, -0.2) is 0 Å². The first-order valence-corrected chi connectivity index (χ1v) is 12.0. The second-order valence-corrected chi connectivity index (χ2v) is 9.51. The van der Waals surface area contributed by atoms with E-state index >= 15 is 0 Å². The molecule has 5 rings (SSSR count). The number of para-hydroxylation sites is 1. The SMILES string of the molecule is CC[C@]1(CCC(=O)NCc2ccc(O)cc2)CCCN2CCc3c([nH]c4ccccc34)[C@@H]21. The molecule has 0 spiro atoms. The van der Waals surface area contributed by atoms with Gasteiger partial charge in [-0.15, -0.1) is 0 Å². The zero-order valence-corrected chi connectivity index (χ0v) is 18.9. The Balaban J connectivity index is 1.34. The number of aromatic amines is 1. The molecule has 0 radical (unpaired) electrons. The van der Waals surface area contributed by atoms with Crippen molar-refractivity contribution in [2.75, 3.05) is 13.1 Å². The Morgan fingerprint density at radius 1 is 1.19 bits per heavy atom. The van der Waals surface area contributed by atoms with Crippen LogP contribution in [0.3, 0.4) is 0 Å². The highest BCUT2D eigenvalue weighted by molar-refractivity contribution is 5.85. The predicted molar refractivity (Wildman–Crippen MR) is 127 cm³/mol. The largest absolute Gasteiger partial charge is 0.508 e. The van der Waals surface area contributed by atoms with E-state index in [1.165, 1.54) is 35.0 Å². The molecule has 1 amide bonds. The van der Waals surface area contributed by atoms with Gasteiger partial charge in [0.15, 0.2) is 0 Å². The number of phenolic OH excluding ortho intramolecular Hbond substituents is 1. The van der Waals surface area contributed by atoms with Gasteiger partial charge in [-0.3, -0.25) is 9.69 Å². The molecule has 5 heteroatoms. The van der Waals surface area contributed by atoms with Crippen molar-refractivity contribution in [1.29, 1.82) is 0 Å². The number of H-pyrrole nitrogens is 1. The highest BCUT2D eigenvalue weighted by atomic mass is 16.3. The molecular formula is C27H33N3O2. The van der Waals surface area contributed by atoms with E-state index in [1.54, 1.807) is 12.1 Å². The molecule has 3 N–H and O–H groups in total. The summed E-state index contributed by atoms with van der Waals surface area (Å²) in [6.45, 7) is 5.05. The first-order chi connectivity index (χ1) is 15.6. The molecule has 2 aliphatic rings. The van der Waals surface area contributed by atoms with Crippen LogP contribution in [-0.4, -0.2) is 34.0 Å². The number of fused-ring (bicyclic) bond motifs is 5. The summed E-state index contributed by atoms with van der Waals surface area (Å²) in [6, 6.07) is 16.0. The van der Waals surface area contributed by atoms with Crippen molar-refractivity contribution in [2.24, 2.45) is 5.41 Å². The molecular weight excluding hydrogens is 398 g/mol. The Morgan fingerprint density at radius 3 is 2.81 bits per heavy atom. The molecule has 0 saturated carbocycles. The van der Waals surface area contributed by atoms with Crippen LogP contribution in [0.5, 0.6) is 5.75 Å². The number of benzene rings is 2. The summed E-state index contributed by atoms with van der Waals surface area (Å²) in [6.07, 6.45) is 6.00. The van der Waals surface area contributed by atoms with Crippen molar-refractivity contribution < 1.29 is 9.90 Å². The van der Waals surface area contributed by atoms with Crippen LogP contribution in [0.15, 0.2) is 48.5 Å². The number of piperidine rings is 1. The van der Waals surface area contributed by atoms with Crippen molar-refractivity contribution in [2.45, 2.75) is 58.0 Å². The van der Waals surface area contributed by atoms with Gasteiger partial charge < -0.3 is 15.4 Å². The normalized spacial score (nSPS) is 23.0. The van der Waals surface area contributed by atoms with Gasteiger partial charge in [0.25, 0.3) is 0 Å². The zero-order chi connectivity index (χ0) is 22.1. The summed E-state index contributed by atoms with van der Waals surface area (Å²) in [5.41, 5.74) is 5.23. The predicted octanol–water partition coefficient (Wildman–Crippen LogP) is 5.06.